The molecule has 0 heterocycles. The number of hydrogen-bond acceptors (Lipinski definition) is 3. The summed E-state index contributed by atoms with van der Waals surface area (Å²) in [5.41, 5.74) is 1.95. The number of carbonyl (C=O) groups excluding carboxylic acids is 1. The fraction of sp³-hybridized carbons (Fsp3) is 0.211. The van der Waals surface area contributed by atoms with Crippen molar-refractivity contribution in [3.8, 4) is 5.75 Å². The van der Waals surface area contributed by atoms with Gasteiger partial charge in [-0.1, -0.05) is 60.2 Å². The predicted molar refractivity (Wildman–Crippen MR) is 96.3 cm³/mol. The van der Waals surface area contributed by atoms with Gasteiger partial charge in [0.2, 0.25) is 0 Å². The maximum atomic E-state index is 11.6. The Balaban J connectivity index is 1.67. The lowest BCUT2D eigenvalue weighted by Gasteiger charge is -2.06. The number of methoxy groups -OCH3 is 1. The molecule has 2 aromatic carbocycles. The molecule has 5 heteroatoms. The lowest BCUT2D eigenvalue weighted by molar-refractivity contribution is 0.140. The monoisotopic (exact) mass is 345 g/mol. The van der Waals surface area contributed by atoms with Crippen LogP contribution in [0.3, 0.4) is 0 Å². The van der Waals surface area contributed by atoms with Crippen LogP contribution in [0.15, 0.2) is 54.6 Å². The fourth-order valence-electron chi connectivity index (χ4n) is 2.03. The molecule has 1 amide bonds. The summed E-state index contributed by atoms with van der Waals surface area (Å²) in [6, 6.07) is 15.1. The summed E-state index contributed by atoms with van der Waals surface area (Å²) in [4.78, 5) is 11.6. The molecule has 2 aromatic rings. The van der Waals surface area contributed by atoms with Gasteiger partial charge in [-0.05, 0) is 29.7 Å². The molecule has 0 saturated heterocycles. The predicted octanol–water partition coefficient (Wildman–Crippen LogP) is 4.68. The highest BCUT2D eigenvalue weighted by Gasteiger charge is 2.01. The van der Waals surface area contributed by atoms with Crippen molar-refractivity contribution in [3.63, 3.8) is 0 Å². The molecule has 0 aliphatic rings. The first kappa shape index (κ1) is 17.9. The third kappa shape index (κ3) is 5.97. The lowest BCUT2D eigenvalue weighted by atomic mass is 10.2. The van der Waals surface area contributed by atoms with Gasteiger partial charge in [-0.15, -0.1) is 0 Å². The summed E-state index contributed by atoms with van der Waals surface area (Å²) in [7, 11) is 1.58. The van der Waals surface area contributed by atoms with Crippen molar-refractivity contribution in [2.75, 3.05) is 13.7 Å². The Kier molecular flexibility index (Phi) is 7.18. The summed E-state index contributed by atoms with van der Waals surface area (Å²) in [5, 5.41) is 3.29. The highest BCUT2D eigenvalue weighted by molar-refractivity contribution is 6.32. The molecule has 0 spiro atoms. The van der Waals surface area contributed by atoms with E-state index >= 15 is 0 Å². The van der Waals surface area contributed by atoms with Crippen molar-refractivity contribution >= 4 is 23.8 Å². The van der Waals surface area contributed by atoms with Gasteiger partial charge in [0, 0.05) is 6.54 Å². The van der Waals surface area contributed by atoms with Crippen LogP contribution in [0.25, 0.3) is 6.08 Å². The quantitative estimate of drug-likeness (QED) is 0.741. The molecule has 0 bridgehead atoms. The molecule has 0 atom stereocenters. The Hall–Kier alpha value is -2.46. The average molecular weight is 346 g/mol. The molecule has 24 heavy (non-hydrogen) atoms. The van der Waals surface area contributed by atoms with Crippen LogP contribution in [-0.2, 0) is 11.3 Å². The Labute approximate surface area is 147 Å². The van der Waals surface area contributed by atoms with Crippen molar-refractivity contribution in [1.29, 1.82) is 0 Å². The van der Waals surface area contributed by atoms with Crippen LogP contribution in [0.1, 0.15) is 17.5 Å². The normalized spacial score (nSPS) is 10.6. The Morgan fingerprint density at radius 3 is 2.75 bits per heavy atom. The second-order valence-corrected chi connectivity index (χ2v) is 5.48. The van der Waals surface area contributed by atoms with E-state index in [1.54, 1.807) is 13.2 Å². The molecule has 0 fully saturated rings. The molecule has 0 saturated carbocycles. The number of alkyl carbamates (subject to hydrolysis) is 1. The molecule has 0 aliphatic heterocycles. The molecule has 126 valence electrons. The highest BCUT2D eigenvalue weighted by atomic mass is 35.5. The topological polar surface area (TPSA) is 47.6 Å². The number of nitrogens with one attached hydrogen (secondary N) is 1. The van der Waals surface area contributed by atoms with Gasteiger partial charge in [-0.3, -0.25) is 0 Å². The molecule has 0 unspecified atom stereocenters. The van der Waals surface area contributed by atoms with Crippen LogP contribution in [0, 0.1) is 0 Å². The largest absolute Gasteiger partial charge is 0.495 e. The maximum Gasteiger partial charge on any atom is 0.407 e. The van der Waals surface area contributed by atoms with Crippen molar-refractivity contribution in [3.05, 3.63) is 70.8 Å². The number of amides is 1. The van der Waals surface area contributed by atoms with Gasteiger partial charge in [-0.25, -0.2) is 4.79 Å². The first-order chi connectivity index (χ1) is 11.7. The fourth-order valence-corrected chi connectivity index (χ4v) is 2.23. The van der Waals surface area contributed by atoms with Crippen molar-refractivity contribution in [1.82, 2.24) is 5.32 Å². The van der Waals surface area contributed by atoms with E-state index in [2.05, 4.69) is 5.32 Å². The van der Waals surface area contributed by atoms with Crippen molar-refractivity contribution < 1.29 is 14.3 Å². The lowest BCUT2D eigenvalue weighted by Crippen LogP contribution is -2.24. The molecule has 1 N–H and O–H groups in total. The van der Waals surface area contributed by atoms with E-state index in [0.717, 1.165) is 11.1 Å². The minimum absolute atomic E-state index is 0.271. The van der Waals surface area contributed by atoms with Gasteiger partial charge in [0.15, 0.2) is 0 Å². The van der Waals surface area contributed by atoms with Crippen LogP contribution in [0.5, 0.6) is 5.75 Å². The average Bonchev–Trinajstić information content (AvgIpc) is 2.62. The Bertz CT molecular complexity index is 686. The second kappa shape index (κ2) is 9.63. The Morgan fingerprint density at radius 2 is 2.00 bits per heavy atom. The number of halogens is 1. The van der Waals surface area contributed by atoms with E-state index in [1.807, 2.05) is 54.6 Å². The summed E-state index contributed by atoms with van der Waals surface area (Å²) in [6.07, 6.45) is 4.21. The SMILES string of the molecule is COc1cc(C=CCCNC(=O)OCc2ccccc2)ccc1Cl. The zero-order valence-electron chi connectivity index (χ0n) is 13.5. The number of benzene rings is 2. The first-order valence-electron chi connectivity index (χ1n) is 7.63. The summed E-state index contributed by atoms with van der Waals surface area (Å²) in [6.45, 7) is 0.780. The van der Waals surface area contributed by atoms with E-state index in [9.17, 15) is 4.79 Å². The highest BCUT2D eigenvalue weighted by Crippen LogP contribution is 2.25. The minimum Gasteiger partial charge on any atom is -0.495 e. The van der Waals surface area contributed by atoms with E-state index < -0.39 is 6.09 Å². The van der Waals surface area contributed by atoms with Crippen molar-refractivity contribution in [2.45, 2.75) is 13.0 Å². The third-order valence-corrected chi connectivity index (χ3v) is 3.59. The number of carbonyl (C=O) groups is 1. The number of hydrogen-bond donors (Lipinski definition) is 1. The van der Waals surface area contributed by atoms with Crippen LogP contribution in [-0.4, -0.2) is 19.7 Å². The molecule has 0 aliphatic carbocycles. The van der Waals surface area contributed by atoms with Crippen LogP contribution in [0.2, 0.25) is 5.02 Å². The summed E-state index contributed by atoms with van der Waals surface area (Å²) in [5.74, 6) is 0.640. The zero-order chi connectivity index (χ0) is 17.2. The van der Waals surface area contributed by atoms with Crippen LogP contribution >= 0.6 is 11.6 Å². The smallest absolute Gasteiger partial charge is 0.407 e. The first-order valence-corrected chi connectivity index (χ1v) is 8.01. The zero-order valence-corrected chi connectivity index (χ0v) is 14.3. The van der Waals surface area contributed by atoms with E-state index in [0.29, 0.717) is 23.7 Å². The van der Waals surface area contributed by atoms with E-state index in [4.69, 9.17) is 21.1 Å². The van der Waals surface area contributed by atoms with Crippen LogP contribution < -0.4 is 10.1 Å². The standard InChI is InChI=1S/C19H20ClNO3/c1-23-18-13-15(10-11-17(18)20)7-5-6-12-21-19(22)24-14-16-8-3-2-4-9-16/h2-5,7-11,13H,6,12,14H2,1H3,(H,21,22). The van der Waals surface area contributed by atoms with Gasteiger partial charge in [-0.2, -0.15) is 0 Å². The van der Waals surface area contributed by atoms with Gasteiger partial charge >= 0.3 is 6.09 Å². The maximum absolute atomic E-state index is 11.6. The second-order valence-electron chi connectivity index (χ2n) is 5.07. The molecule has 4 nitrogen and oxygen atoms in total. The van der Waals surface area contributed by atoms with Gasteiger partial charge in [0.05, 0.1) is 12.1 Å². The van der Waals surface area contributed by atoms with Gasteiger partial charge < -0.3 is 14.8 Å². The molecule has 0 aromatic heterocycles. The van der Waals surface area contributed by atoms with Crippen LogP contribution in [0.4, 0.5) is 4.79 Å². The minimum atomic E-state index is -0.416. The van der Waals surface area contributed by atoms with E-state index in [1.165, 1.54) is 0 Å². The molecular formula is C19H20ClNO3. The summed E-state index contributed by atoms with van der Waals surface area (Å²) < 4.78 is 10.3. The third-order valence-electron chi connectivity index (χ3n) is 3.28. The van der Waals surface area contributed by atoms with Gasteiger partial charge in [0.25, 0.3) is 0 Å². The van der Waals surface area contributed by atoms with E-state index in [-0.39, 0.29) is 6.61 Å². The van der Waals surface area contributed by atoms with Gasteiger partial charge in [0.1, 0.15) is 12.4 Å². The number of rotatable bonds is 7. The Morgan fingerprint density at radius 1 is 1.21 bits per heavy atom. The number of ether oxygens (including phenoxy) is 2. The summed E-state index contributed by atoms with van der Waals surface area (Å²) >= 11 is 5.98. The molecular weight excluding hydrogens is 326 g/mol. The van der Waals surface area contributed by atoms with Crippen molar-refractivity contribution in [2.24, 2.45) is 0 Å². The molecule has 0 radical (unpaired) electrons. The molecule has 2 rings (SSSR count).